The number of halogens is 4. The van der Waals surface area contributed by atoms with Crippen LogP contribution in [0.15, 0.2) is 33.7 Å². The lowest BCUT2D eigenvalue weighted by Crippen LogP contribution is -2.28. The highest BCUT2D eigenvalue weighted by atomic mass is 32.2. The first-order chi connectivity index (χ1) is 9.92. The second kappa shape index (κ2) is 6.90. The molecular weight excluding hydrogens is 310 g/mol. The molecule has 9 heteroatoms. The number of hydrogen-bond acceptors (Lipinski definition) is 5. The summed E-state index contributed by atoms with van der Waals surface area (Å²) in [7, 11) is 0. The molecule has 1 N–H and O–H groups in total. The van der Waals surface area contributed by atoms with Crippen molar-refractivity contribution in [3.05, 3.63) is 41.8 Å². The molecule has 114 valence electrons. The fourth-order valence-electron chi connectivity index (χ4n) is 1.41. The van der Waals surface area contributed by atoms with Gasteiger partial charge in [-0.2, -0.15) is 18.2 Å². The van der Waals surface area contributed by atoms with E-state index < -0.39 is 12.7 Å². The van der Waals surface area contributed by atoms with Gasteiger partial charge in [0.05, 0.1) is 18.8 Å². The van der Waals surface area contributed by atoms with Gasteiger partial charge in [0.1, 0.15) is 5.82 Å². The van der Waals surface area contributed by atoms with Gasteiger partial charge in [0, 0.05) is 4.90 Å². The SMILES string of the molecule is Fc1ccc(SCc2noc(CNCC(F)(F)F)n2)cc1. The van der Waals surface area contributed by atoms with Crippen LogP contribution in [0.4, 0.5) is 17.6 Å². The van der Waals surface area contributed by atoms with Gasteiger partial charge in [-0.15, -0.1) is 11.8 Å². The third-order valence-electron chi connectivity index (χ3n) is 2.29. The molecule has 0 unspecified atom stereocenters. The minimum Gasteiger partial charge on any atom is -0.338 e. The van der Waals surface area contributed by atoms with Gasteiger partial charge in [-0.3, -0.25) is 0 Å². The molecule has 0 fully saturated rings. The average molecular weight is 321 g/mol. The maximum absolute atomic E-state index is 12.7. The van der Waals surface area contributed by atoms with Crippen LogP contribution in [0, 0.1) is 5.82 Å². The largest absolute Gasteiger partial charge is 0.401 e. The number of nitrogens with one attached hydrogen (secondary N) is 1. The van der Waals surface area contributed by atoms with Gasteiger partial charge >= 0.3 is 6.18 Å². The number of benzene rings is 1. The standard InChI is InChI=1S/C12H11F4N3OS/c13-8-1-3-9(4-2-8)21-6-10-18-11(20-19-10)5-17-7-12(14,15)16/h1-4,17H,5-7H2. The highest BCUT2D eigenvalue weighted by Crippen LogP contribution is 2.21. The summed E-state index contributed by atoms with van der Waals surface area (Å²) in [5.41, 5.74) is 0. The van der Waals surface area contributed by atoms with Crippen LogP contribution in [-0.4, -0.2) is 22.9 Å². The normalized spacial score (nSPS) is 11.8. The van der Waals surface area contributed by atoms with Crippen molar-refractivity contribution in [2.75, 3.05) is 6.54 Å². The first-order valence-corrected chi connectivity index (χ1v) is 6.88. The molecule has 1 aromatic heterocycles. The third kappa shape index (κ3) is 5.72. The molecule has 0 aliphatic heterocycles. The second-order valence-corrected chi connectivity index (χ2v) is 5.11. The number of rotatable bonds is 6. The first kappa shape index (κ1) is 15.8. The Morgan fingerprint density at radius 2 is 1.90 bits per heavy atom. The summed E-state index contributed by atoms with van der Waals surface area (Å²) in [6.45, 7) is -1.26. The molecule has 4 nitrogen and oxygen atoms in total. The maximum atomic E-state index is 12.7. The van der Waals surface area contributed by atoms with E-state index >= 15 is 0 Å². The molecule has 0 aliphatic rings. The highest BCUT2D eigenvalue weighted by molar-refractivity contribution is 7.98. The van der Waals surface area contributed by atoms with E-state index in [1.807, 2.05) is 0 Å². The van der Waals surface area contributed by atoms with E-state index in [4.69, 9.17) is 4.52 Å². The van der Waals surface area contributed by atoms with Gasteiger partial charge in [0.15, 0.2) is 5.82 Å². The van der Waals surface area contributed by atoms with Crippen LogP contribution in [0.1, 0.15) is 11.7 Å². The van der Waals surface area contributed by atoms with Gasteiger partial charge in [-0.05, 0) is 24.3 Å². The Morgan fingerprint density at radius 3 is 2.57 bits per heavy atom. The summed E-state index contributed by atoms with van der Waals surface area (Å²) >= 11 is 1.37. The second-order valence-electron chi connectivity index (χ2n) is 4.07. The van der Waals surface area contributed by atoms with E-state index in [1.54, 1.807) is 12.1 Å². The first-order valence-electron chi connectivity index (χ1n) is 5.90. The molecule has 0 radical (unpaired) electrons. The Bertz CT molecular complexity index is 571. The monoisotopic (exact) mass is 321 g/mol. The van der Waals surface area contributed by atoms with E-state index in [0.717, 1.165) is 4.90 Å². The highest BCUT2D eigenvalue weighted by Gasteiger charge is 2.26. The van der Waals surface area contributed by atoms with E-state index in [9.17, 15) is 17.6 Å². The molecule has 2 rings (SSSR count). The lowest BCUT2D eigenvalue weighted by molar-refractivity contribution is -0.125. The van der Waals surface area contributed by atoms with Crippen LogP contribution < -0.4 is 5.32 Å². The fourth-order valence-corrected chi connectivity index (χ4v) is 2.15. The molecule has 0 atom stereocenters. The molecule has 0 saturated carbocycles. The predicted octanol–water partition coefficient (Wildman–Crippen LogP) is 3.15. The summed E-state index contributed by atoms with van der Waals surface area (Å²) < 4.78 is 53.4. The van der Waals surface area contributed by atoms with Crippen molar-refractivity contribution < 1.29 is 22.1 Å². The van der Waals surface area contributed by atoms with Gasteiger partial charge in [-0.1, -0.05) is 5.16 Å². The molecule has 0 spiro atoms. The molecule has 0 bridgehead atoms. The van der Waals surface area contributed by atoms with E-state index in [0.29, 0.717) is 11.6 Å². The minimum atomic E-state index is -4.28. The average Bonchev–Trinajstić information content (AvgIpc) is 2.85. The Hall–Kier alpha value is -1.61. The van der Waals surface area contributed by atoms with Crippen molar-refractivity contribution >= 4 is 11.8 Å². The fraction of sp³-hybridized carbons (Fsp3) is 0.333. The van der Waals surface area contributed by atoms with Crippen molar-refractivity contribution in [2.24, 2.45) is 0 Å². The van der Waals surface area contributed by atoms with Gasteiger partial charge in [0.2, 0.25) is 5.89 Å². The number of aromatic nitrogens is 2. The summed E-state index contributed by atoms with van der Waals surface area (Å²) in [4.78, 5) is 4.79. The maximum Gasteiger partial charge on any atom is 0.401 e. The Morgan fingerprint density at radius 1 is 1.19 bits per heavy atom. The van der Waals surface area contributed by atoms with Crippen LogP contribution in [0.5, 0.6) is 0 Å². The lowest BCUT2D eigenvalue weighted by atomic mass is 10.4. The predicted molar refractivity (Wildman–Crippen MR) is 68.0 cm³/mol. The minimum absolute atomic E-state index is 0.0916. The van der Waals surface area contributed by atoms with Crippen LogP contribution in [-0.2, 0) is 12.3 Å². The van der Waals surface area contributed by atoms with Gasteiger partial charge in [-0.25, -0.2) is 4.39 Å². The van der Waals surface area contributed by atoms with Crippen molar-refractivity contribution in [2.45, 2.75) is 23.4 Å². The quantitative estimate of drug-likeness (QED) is 0.654. The number of alkyl halides is 3. The number of nitrogens with zero attached hydrogens (tertiary/aromatic N) is 2. The van der Waals surface area contributed by atoms with Crippen molar-refractivity contribution in [3.63, 3.8) is 0 Å². The number of thioether (sulfide) groups is 1. The van der Waals surface area contributed by atoms with E-state index in [-0.39, 0.29) is 18.3 Å². The smallest absolute Gasteiger partial charge is 0.338 e. The molecule has 2 aromatic rings. The molecule has 0 saturated heterocycles. The van der Waals surface area contributed by atoms with E-state index in [1.165, 1.54) is 23.9 Å². The summed E-state index contributed by atoms with van der Waals surface area (Å²) in [5, 5.41) is 5.83. The number of hydrogen-bond donors (Lipinski definition) is 1. The van der Waals surface area contributed by atoms with Crippen molar-refractivity contribution in [3.8, 4) is 0 Å². The van der Waals surface area contributed by atoms with Crippen molar-refractivity contribution in [1.82, 2.24) is 15.5 Å². The summed E-state index contributed by atoms with van der Waals surface area (Å²) in [6.07, 6.45) is -4.28. The van der Waals surface area contributed by atoms with Crippen LogP contribution in [0.2, 0.25) is 0 Å². The lowest BCUT2D eigenvalue weighted by Gasteiger charge is -2.05. The third-order valence-corrected chi connectivity index (χ3v) is 3.30. The molecule has 0 aliphatic carbocycles. The topological polar surface area (TPSA) is 51.0 Å². The Labute approximate surface area is 121 Å². The Kier molecular flexibility index (Phi) is 5.18. The van der Waals surface area contributed by atoms with Crippen molar-refractivity contribution in [1.29, 1.82) is 0 Å². The zero-order chi connectivity index (χ0) is 15.3. The summed E-state index contributed by atoms with van der Waals surface area (Å²) in [6, 6.07) is 5.91. The molecular formula is C12H11F4N3OS. The van der Waals surface area contributed by atoms with Crippen LogP contribution >= 0.6 is 11.8 Å². The van der Waals surface area contributed by atoms with Gasteiger partial charge < -0.3 is 9.84 Å². The summed E-state index contributed by atoms with van der Waals surface area (Å²) in [5.74, 6) is 0.521. The molecule has 1 heterocycles. The van der Waals surface area contributed by atoms with Crippen LogP contribution in [0.3, 0.4) is 0 Å². The zero-order valence-electron chi connectivity index (χ0n) is 10.7. The molecule has 1 aromatic carbocycles. The molecule has 21 heavy (non-hydrogen) atoms. The van der Waals surface area contributed by atoms with E-state index in [2.05, 4.69) is 15.5 Å². The molecule has 0 amide bonds. The zero-order valence-corrected chi connectivity index (χ0v) is 11.5. The van der Waals surface area contributed by atoms with Gasteiger partial charge in [0.25, 0.3) is 0 Å². The van der Waals surface area contributed by atoms with Crippen LogP contribution in [0.25, 0.3) is 0 Å². The Balaban J connectivity index is 1.79.